The van der Waals surface area contributed by atoms with Crippen molar-refractivity contribution >= 4 is 0 Å². The van der Waals surface area contributed by atoms with Crippen LogP contribution < -0.4 is 10.5 Å². The molecule has 1 unspecified atom stereocenters. The van der Waals surface area contributed by atoms with E-state index in [2.05, 4.69) is 12.1 Å². The molecule has 1 atom stereocenters. The lowest BCUT2D eigenvalue weighted by atomic mass is 9.95. The SMILES string of the molecule is CCOCC(C)(N)CCc1ccc(OC)cc1. The van der Waals surface area contributed by atoms with Gasteiger partial charge in [0, 0.05) is 12.1 Å². The predicted octanol–water partition coefficient (Wildman–Crippen LogP) is 2.38. The van der Waals surface area contributed by atoms with Crippen LogP contribution in [0.2, 0.25) is 0 Å². The molecule has 0 saturated heterocycles. The zero-order valence-electron chi connectivity index (χ0n) is 11.0. The van der Waals surface area contributed by atoms with Gasteiger partial charge in [0.2, 0.25) is 0 Å². The quantitative estimate of drug-likeness (QED) is 0.792. The highest BCUT2D eigenvalue weighted by Crippen LogP contribution is 2.16. The number of hydrogen-bond donors (Lipinski definition) is 1. The number of nitrogens with two attached hydrogens (primary N) is 1. The third-order valence-corrected chi connectivity index (χ3v) is 2.78. The Morgan fingerprint density at radius 1 is 1.24 bits per heavy atom. The van der Waals surface area contributed by atoms with Crippen LogP contribution in [0.5, 0.6) is 5.75 Å². The molecule has 3 nitrogen and oxygen atoms in total. The molecule has 96 valence electrons. The van der Waals surface area contributed by atoms with Crippen molar-refractivity contribution in [2.75, 3.05) is 20.3 Å². The van der Waals surface area contributed by atoms with E-state index < -0.39 is 0 Å². The van der Waals surface area contributed by atoms with E-state index >= 15 is 0 Å². The fourth-order valence-corrected chi connectivity index (χ4v) is 1.63. The summed E-state index contributed by atoms with van der Waals surface area (Å²) in [4.78, 5) is 0. The van der Waals surface area contributed by atoms with Crippen LogP contribution in [0, 0.1) is 0 Å². The van der Waals surface area contributed by atoms with E-state index in [0.717, 1.165) is 25.2 Å². The van der Waals surface area contributed by atoms with Crippen molar-refractivity contribution in [2.45, 2.75) is 32.2 Å². The van der Waals surface area contributed by atoms with Crippen molar-refractivity contribution in [1.82, 2.24) is 0 Å². The van der Waals surface area contributed by atoms with Crippen LogP contribution in [-0.2, 0) is 11.2 Å². The molecule has 0 fully saturated rings. The second kappa shape index (κ2) is 6.62. The standard InChI is InChI=1S/C14H23NO2/c1-4-17-11-14(2,15)10-9-12-5-7-13(16-3)8-6-12/h5-8H,4,9-11,15H2,1-3H3. The molecule has 0 radical (unpaired) electrons. The molecular weight excluding hydrogens is 214 g/mol. The predicted molar refractivity (Wildman–Crippen MR) is 70.4 cm³/mol. The molecule has 17 heavy (non-hydrogen) atoms. The normalized spacial score (nSPS) is 14.4. The average Bonchev–Trinajstić information content (AvgIpc) is 2.35. The summed E-state index contributed by atoms with van der Waals surface area (Å²) in [5.41, 5.74) is 7.18. The highest BCUT2D eigenvalue weighted by Gasteiger charge is 2.18. The molecule has 1 aromatic rings. The van der Waals surface area contributed by atoms with Crippen LogP contribution in [0.1, 0.15) is 25.8 Å². The summed E-state index contributed by atoms with van der Waals surface area (Å²) in [5.74, 6) is 0.888. The van der Waals surface area contributed by atoms with Crippen LogP contribution in [0.3, 0.4) is 0 Å². The number of aryl methyl sites for hydroxylation is 1. The molecule has 0 aromatic heterocycles. The van der Waals surface area contributed by atoms with Gasteiger partial charge in [-0.15, -0.1) is 0 Å². The van der Waals surface area contributed by atoms with Crippen molar-refractivity contribution in [3.63, 3.8) is 0 Å². The summed E-state index contributed by atoms with van der Waals surface area (Å²) in [7, 11) is 1.67. The Morgan fingerprint density at radius 2 is 1.88 bits per heavy atom. The molecule has 1 aromatic carbocycles. The Hall–Kier alpha value is -1.06. The summed E-state index contributed by atoms with van der Waals surface area (Å²) in [6.45, 7) is 5.35. The van der Waals surface area contributed by atoms with E-state index in [1.54, 1.807) is 7.11 Å². The minimum absolute atomic E-state index is 0.254. The first-order valence-corrected chi connectivity index (χ1v) is 6.07. The molecule has 0 aliphatic heterocycles. The van der Waals surface area contributed by atoms with Crippen molar-refractivity contribution < 1.29 is 9.47 Å². The van der Waals surface area contributed by atoms with Crippen molar-refractivity contribution in [3.05, 3.63) is 29.8 Å². The molecule has 0 saturated carbocycles. The Bertz CT molecular complexity index is 319. The van der Waals surface area contributed by atoms with E-state index in [9.17, 15) is 0 Å². The van der Waals surface area contributed by atoms with Crippen LogP contribution >= 0.6 is 0 Å². The first-order valence-electron chi connectivity index (χ1n) is 6.07. The minimum Gasteiger partial charge on any atom is -0.497 e. The van der Waals surface area contributed by atoms with E-state index in [1.807, 2.05) is 26.0 Å². The second-order valence-corrected chi connectivity index (χ2v) is 4.64. The summed E-state index contributed by atoms with van der Waals surface area (Å²) < 4.78 is 10.5. The molecule has 3 heteroatoms. The largest absolute Gasteiger partial charge is 0.497 e. The number of methoxy groups -OCH3 is 1. The molecule has 0 amide bonds. The van der Waals surface area contributed by atoms with Gasteiger partial charge < -0.3 is 15.2 Å². The minimum atomic E-state index is -0.254. The van der Waals surface area contributed by atoms with E-state index in [-0.39, 0.29) is 5.54 Å². The Balaban J connectivity index is 2.43. The number of benzene rings is 1. The maximum absolute atomic E-state index is 6.16. The van der Waals surface area contributed by atoms with Gasteiger partial charge in [0.15, 0.2) is 0 Å². The van der Waals surface area contributed by atoms with Gasteiger partial charge >= 0.3 is 0 Å². The van der Waals surface area contributed by atoms with Crippen LogP contribution in [0.25, 0.3) is 0 Å². The summed E-state index contributed by atoms with van der Waals surface area (Å²) in [6, 6.07) is 8.11. The first-order chi connectivity index (χ1) is 8.07. The Morgan fingerprint density at radius 3 is 2.41 bits per heavy atom. The number of rotatable bonds is 7. The van der Waals surface area contributed by atoms with Crippen LogP contribution in [-0.4, -0.2) is 25.9 Å². The molecule has 0 heterocycles. The van der Waals surface area contributed by atoms with Gasteiger partial charge in [0.25, 0.3) is 0 Å². The zero-order chi connectivity index (χ0) is 12.7. The topological polar surface area (TPSA) is 44.5 Å². The van der Waals surface area contributed by atoms with E-state index in [4.69, 9.17) is 15.2 Å². The summed E-state index contributed by atoms with van der Waals surface area (Å²) in [5, 5.41) is 0. The average molecular weight is 237 g/mol. The third-order valence-electron chi connectivity index (χ3n) is 2.78. The lowest BCUT2D eigenvalue weighted by Crippen LogP contribution is -2.41. The third kappa shape index (κ3) is 5.20. The highest BCUT2D eigenvalue weighted by molar-refractivity contribution is 5.27. The van der Waals surface area contributed by atoms with Crippen molar-refractivity contribution in [2.24, 2.45) is 5.73 Å². The molecule has 2 N–H and O–H groups in total. The van der Waals surface area contributed by atoms with Gasteiger partial charge in [-0.3, -0.25) is 0 Å². The van der Waals surface area contributed by atoms with Gasteiger partial charge in [-0.2, -0.15) is 0 Å². The van der Waals surface area contributed by atoms with E-state index in [0.29, 0.717) is 6.61 Å². The van der Waals surface area contributed by atoms with Crippen LogP contribution in [0.4, 0.5) is 0 Å². The fourth-order valence-electron chi connectivity index (χ4n) is 1.63. The van der Waals surface area contributed by atoms with E-state index in [1.165, 1.54) is 5.56 Å². The second-order valence-electron chi connectivity index (χ2n) is 4.64. The van der Waals surface area contributed by atoms with Gasteiger partial charge in [-0.1, -0.05) is 12.1 Å². The van der Waals surface area contributed by atoms with Crippen LogP contribution in [0.15, 0.2) is 24.3 Å². The monoisotopic (exact) mass is 237 g/mol. The molecule has 0 aliphatic carbocycles. The molecule has 1 rings (SSSR count). The zero-order valence-corrected chi connectivity index (χ0v) is 11.0. The molecule has 0 spiro atoms. The summed E-state index contributed by atoms with van der Waals surface area (Å²) >= 11 is 0. The highest BCUT2D eigenvalue weighted by atomic mass is 16.5. The molecule has 0 aliphatic rings. The Kier molecular flexibility index (Phi) is 5.45. The number of hydrogen-bond acceptors (Lipinski definition) is 3. The van der Waals surface area contributed by atoms with Gasteiger partial charge in [0.1, 0.15) is 5.75 Å². The van der Waals surface area contributed by atoms with Crippen molar-refractivity contribution in [3.8, 4) is 5.75 Å². The molecule has 0 bridgehead atoms. The summed E-state index contributed by atoms with van der Waals surface area (Å²) in [6.07, 6.45) is 1.88. The van der Waals surface area contributed by atoms with Crippen molar-refractivity contribution in [1.29, 1.82) is 0 Å². The molecular formula is C14H23NO2. The Labute approximate surface area is 104 Å². The van der Waals surface area contributed by atoms with Gasteiger partial charge in [-0.25, -0.2) is 0 Å². The maximum atomic E-state index is 6.16. The first kappa shape index (κ1) is 14.0. The fraction of sp³-hybridized carbons (Fsp3) is 0.571. The maximum Gasteiger partial charge on any atom is 0.118 e. The lowest BCUT2D eigenvalue weighted by molar-refractivity contribution is 0.0978. The number of ether oxygens (including phenoxy) is 2. The van der Waals surface area contributed by atoms with Gasteiger partial charge in [-0.05, 0) is 44.4 Å². The smallest absolute Gasteiger partial charge is 0.118 e. The van der Waals surface area contributed by atoms with Gasteiger partial charge in [0.05, 0.1) is 13.7 Å². The lowest BCUT2D eigenvalue weighted by Gasteiger charge is -2.24.